The van der Waals surface area contributed by atoms with Crippen molar-refractivity contribution < 1.29 is 9.63 Å². The van der Waals surface area contributed by atoms with E-state index in [-0.39, 0.29) is 5.75 Å². The molecule has 1 N–H and O–H groups in total. The molecule has 0 bridgehead atoms. The van der Waals surface area contributed by atoms with Crippen LogP contribution in [0.5, 0.6) is 5.75 Å². The molecule has 3 rings (SSSR count). The second-order valence-electron chi connectivity index (χ2n) is 4.21. The summed E-state index contributed by atoms with van der Waals surface area (Å²) in [5.41, 5.74) is 1.47. The van der Waals surface area contributed by atoms with Crippen LogP contribution in [0.2, 0.25) is 0 Å². The van der Waals surface area contributed by atoms with Gasteiger partial charge < -0.3 is 9.63 Å². The van der Waals surface area contributed by atoms with Crippen molar-refractivity contribution in [3.05, 3.63) is 43.7 Å². The van der Waals surface area contributed by atoms with Crippen LogP contribution in [0.4, 0.5) is 0 Å². The minimum atomic E-state index is 0.130. The van der Waals surface area contributed by atoms with Gasteiger partial charge in [-0.1, -0.05) is 5.16 Å². The molecular weight excluding hydrogens is 389 g/mol. The van der Waals surface area contributed by atoms with Crippen LogP contribution in [0.15, 0.2) is 28.1 Å². The third kappa shape index (κ3) is 2.83. The molecule has 102 valence electrons. The molecule has 3 aromatic rings. The fourth-order valence-corrected chi connectivity index (χ4v) is 2.87. The molecule has 0 saturated heterocycles. The monoisotopic (exact) mass is 399 g/mol. The molecule has 1 aromatic carbocycles. The molecule has 5 nitrogen and oxygen atoms in total. The van der Waals surface area contributed by atoms with E-state index in [2.05, 4.69) is 37.7 Å². The Bertz CT molecular complexity index is 754. The molecule has 20 heavy (non-hydrogen) atoms. The molecule has 0 saturated carbocycles. The summed E-state index contributed by atoms with van der Waals surface area (Å²) >= 11 is 3.76. The minimum Gasteiger partial charge on any atom is -0.507 e. The van der Waals surface area contributed by atoms with E-state index in [1.807, 2.05) is 18.4 Å². The normalized spacial score (nSPS) is 10.9. The van der Waals surface area contributed by atoms with Crippen molar-refractivity contribution in [2.75, 3.05) is 0 Å². The Morgan fingerprint density at radius 2 is 2.20 bits per heavy atom. The van der Waals surface area contributed by atoms with Gasteiger partial charge in [0.05, 0.1) is 22.7 Å². The van der Waals surface area contributed by atoms with Crippen LogP contribution in [0, 0.1) is 10.5 Å². The fourth-order valence-electron chi connectivity index (χ4n) is 1.77. The number of aromatic nitrogens is 3. The number of aryl methyl sites for hydroxylation is 1. The SMILES string of the molecule is Cc1nc(Cc2noc(-c3cc(I)ccc3O)n2)cs1. The van der Waals surface area contributed by atoms with E-state index >= 15 is 0 Å². The van der Waals surface area contributed by atoms with E-state index < -0.39 is 0 Å². The lowest BCUT2D eigenvalue weighted by Crippen LogP contribution is -1.91. The Morgan fingerprint density at radius 1 is 1.35 bits per heavy atom. The molecule has 2 aromatic heterocycles. The van der Waals surface area contributed by atoms with Crippen molar-refractivity contribution in [1.29, 1.82) is 0 Å². The average molecular weight is 399 g/mol. The predicted octanol–water partition coefficient (Wildman–Crippen LogP) is 3.40. The van der Waals surface area contributed by atoms with Crippen molar-refractivity contribution >= 4 is 33.9 Å². The van der Waals surface area contributed by atoms with Crippen LogP contribution < -0.4 is 0 Å². The first-order valence-electron chi connectivity index (χ1n) is 5.84. The standard InChI is InChI=1S/C13H10IN3O2S/c1-7-15-9(6-20-7)5-12-16-13(19-17-12)10-4-8(14)2-3-11(10)18/h2-4,6,18H,5H2,1H3. The zero-order valence-electron chi connectivity index (χ0n) is 10.5. The number of hydrogen-bond acceptors (Lipinski definition) is 6. The van der Waals surface area contributed by atoms with Gasteiger partial charge in [-0.3, -0.25) is 0 Å². The highest BCUT2D eigenvalue weighted by Gasteiger charge is 2.14. The third-order valence-electron chi connectivity index (χ3n) is 2.66. The summed E-state index contributed by atoms with van der Waals surface area (Å²) < 4.78 is 6.21. The van der Waals surface area contributed by atoms with E-state index in [1.165, 1.54) is 0 Å². The Kier molecular flexibility index (Phi) is 3.70. The van der Waals surface area contributed by atoms with Gasteiger partial charge in [-0.25, -0.2) is 4.98 Å². The van der Waals surface area contributed by atoms with Crippen molar-refractivity contribution in [3.8, 4) is 17.2 Å². The number of nitrogens with zero attached hydrogens (tertiary/aromatic N) is 3. The number of phenols is 1. The molecule has 0 fully saturated rings. The van der Waals surface area contributed by atoms with Gasteiger partial charge in [0, 0.05) is 8.95 Å². The van der Waals surface area contributed by atoms with Gasteiger partial charge in [-0.2, -0.15) is 4.98 Å². The van der Waals surface area contributed by atoms with E-state index in [4.69, 9.17) is 4.52 Å². The first-order valence-corrected chi connectivity index (χ1v) is 7.80. The van der Waals surface area contributed by atoms with Gasteiger partial charge in [-0.15, -0.1) is 11.3 Å². The number of thiazole rings is 1. The lowest BCUT2D eigenvalue weighted by molar-refractivity contribution is 0.418. The lowest BCUT2D eigenvalue weighted by Gasteiger charge is -1.99. The summed E-state index contributed by atoms with van der Waals surface area (Å²) in [6.07, 6.45) is 0.526. The third-order valence-corrected chi connectivity index (χ3v) is 4.16. The fraction of sp³-hybridized carbons (Fsp3) is 0.154. The number of phenolic OH excluding ortho intramolecular Hbond substituents is 1. The predicted molar refractivity (Wildman–Crippen MR) is 83.8 cm³/mol. The molecule has 0 radical (unpaired) electrons. The molecule has 0 aliphatic carbocycles. The number of hydrogen-bond donors (Lipinski definition) is 1. The maximum Gasteiger partial charge on any atom is 0.261 e. The van der Waals surface area contributed by atoms with Crippen molar-refractivity contribution in [2.45, 2.75) is 13.3 Å². The first-order chi connectivity index (χ1) is 9.61. The quantitative estimate of drug-likeness (QED) is 0.684. The summed E-state index contributed by atoms with van der Waals surface area (Å²) in [6, 6.07) is 5.24. The van der Waals surface area contributed by atoms with Crippen LogP contribution in [-0.2, 0) is 6.42 Å². The van der Waals surface area contributed by atoms with E-state index in [0.29, 0.717) is 23.7 Å². The molecule has 0 spiro atoms. The molecule has 0 atom stereocenters. The molecule has 7 heteroatoms. The highest BCUT2D eigenvalue weighted by atomic mass is 127. The maximum atomic E-state index is 9.85. The maximum absolute atomic E-state index is 9.85. The number of rotatable bonds is 3. The topological polar surface area (TPSA) is 72.0 Å². The molecule has 0 unspecified atom stereocenters. The summed E-state index contributed by atoms with van der Waals surface area (Å²) in [5.74, 6) is 1.01. The largest absolute Gasteiger partial charge is 0.507 e. The van der Waals surface area contributed by atoms with Gasteiger partial charge in [-0.05, 0) is 47.7 Å². The van der Waals surface area contributed by atoms with Crippen LogP contribution >= 0.6 is 33.9 Å². The van der Waals surface area contributed by atoms with Crippen molar-refractivity contribution in [1.82, 2.24) is 15.1 Å². The highest BCUT2D eigenvalue weighted by molar-refractivity contribution is 14.1. The highest BCUT2D eigenvalue weighted by Crippen LogP contribution is 2.29. The molecular formula is C13H10IN3O2S. The lowest BCUT2D eigenvalue weighted by atomic mass is 10.2. The minimum absolute atomic E-state index is 0.130. The van der Waals surface area contributed by atoms with Gasteiger partial charge in [0.2, 0.25) is 0 Å². The van der Waals surface area contributed by atoms with Gasteiger partial charge >= 0.3 is 0 Å². The van der Waals surface area contributed by atoms with Gasteiger partial charge in [0.25, 0.3) is 5.89 Å². The van der Waals surface area contributed by atoms with Crippen molar-refractivity contribution in [3.63, 3.8) is 0 Å². The van der Waals surface area contributed by atoms with Crippen molar-refractivity contribution in [2.24, 2.45) is 0 Å². The van der Waals surface area contributed by atoms with E-state index in [1.54, 1.807) is 23.5 Å². The van der Waals surface area contributed by atoms with Crippen LogP contribution in [0.3, 0.4) is 0 Å². The zero-order chi connectivity index (χ0) is 14.1. The number of benzene rings is 1. The van der Waals surface area contributed by atoms with E-state index in [0.717, 1.165) is 14.3 Å². The molecule has 2 heterocycles. The molecule has 0 aliphatic heterocycles. The number of aromatic hydroxyl groups is 1. The van der Waals surface area contributed by atoms with Crippen LogP contribution in [-0.4, -0.2) is 20.2 Å². The van der Waals surface area contributed by atoms with Crippen LogP contribution in [0.1, 0.15) is 16.5 Å². The molecule has 0 amide bonds. The second-order valence-corrected chi connectivity index (χ2v) is 6.52. The van der Waals surface area contributed by atoms with Gasteiger partial charge in [0.1, 0.15) is 5.75 Å². The smallest absolute Gasteiger partial charge is 0.261 e. The average Bonchev–Trinajstić information content (AvgIpc) is 3.02. The summed E-state index contributed by atoms with van der Waals surface area (Å²) in [5, 5.41) is 16.8. The van der Waals surface area contributed by atoms with Gasteiger partial charge in [0.15, 0.2) is 5.82 Å². The number of halogens is 1. The zero-order valence-corrected chi connectivity index (χ0v) is 13.5. The Morgan fingerprint density at radius 3 is 2.95 bits per heavy atom. The molecule has 0 aliphatic rings. The van der Waals surface area contributed by atoms with E-state index in [9.17, 15) is 5.11 Å². The summed E-state index contributed by atoms with van der Waals surface area (Å²) in [7, 11) is 0. The van der Waals surface area contributed by atoms with Crippen LogP contribution in [0.25, 0.3) is 11.5 Å². The Labute approximate surface area is 132 Å². The first kappa shape index (κ1) is 13.5. The summed E-state index contributed by atoms with van der Waals surface area (Å²) in [4.78, 5) is 8.68. The second kappa shape index (κ2) is 5.49. The Balaban J connectivity index is 1.88. The Hall–Kier alpha value is -1.48. The summed E-state index contributed by atoms with van der Waals surface area (Å²) in [6.45, 7) is 1.96.